The van der Waals surface area contributed by atoms with Crippen molar-refractivity contribution in [2.24, 2.45) is 5.92 Å². The van der Waals surface area contributed by atoms with Crippen molar-refractivity contribution in [3.63, 3.8) is 0 Å². The topological polar surface area (TPSA) is 37.8 Å². The number of rotatable bonds is 6. The van der Waals surface area contributed by atoms with Crippen molar-refractivity contribution in [1.29, 1.82) is 0 Å². The van der Waals surface area contributed by atoms with Gasteiger partial charge in [-0.25, -0.2) is 9.97 Å². The highest BCUT2D eigenvalue weighted by Gasteiger charge is 2.03. The van der Waals surface area contributed by atoms with Crippen LogP contribution < -0.4 is 5.32 Å². The van der Waals surface area contributed by atoms with Crippen LogP contribution in [0.1, 0.15) is 25.0 Å². The SMILES string of the molecule is Cc1cc(Sc2ccncn2)ccc1CNCC(C)C. The Morgan fingerprint density at radius 2 is 2.10 bits per heavy atom. The summed E-state index contributed by atoms with van der Waals surface area (Å²) in [7, 11) is 0. The summed E-state index contributed by atoms with van der Waals surface area (Å²) in [6, 6.07) is 8.51. The average Bonchev–Trinajstić information content (AvgIpc) is 2.42. The second-order valence-electron chi connectivity index (χ2n) is 5.26. The summed E-state index contributed by atoms with van der Waals surface area (Å²) in [6.45, 7) is 8.60. The summed E-state index contributed by atoms with van der Waals surface area (Å²) in [6.07, 6.45) is 3.35. The van der Waals surface area contributed by atoms with Crippen LogP contribution in [0, 0.1) is 12.8 Å². The molecule has 0 aliphatic heterocycles. The Morgan fingerprint density at radius 3 is 2.75 bits per heavy atom. The molecule has 0 radical (unpaired) electrons. The first kappa shape index (κ1) is 15.0. The fourth-order valence-electron chi connectivity index (χ4n) is 1.89. The molecule has 2 rings (SSSR count). The molecule has 0 unspecified atom stereocenters. The largest absolute Gasteiger partial charge is 0.312 e. The van der Waals surface area contributed by atoms with Gasteiger partial charge in [-0.1, -0.05) is 31.7 Å². The van der Waals surface area contributed by atoms with E-state index in [4.69, 9.17) is 0 Å². The molecule has 0 aliphatic rings. The zero-order chi connectivity index (χ0) is 14.4. The summed E-state index contributed by atoms with van der Waals surface area (Å²) in [5.41, 5.74) is 2.68. The van der Waals surface area contributed by atoms with Gasteiger partial charge in [0.1, 0.15) is 11.4 Å². The standard InChI is InChI=1S/C16H21N3S/c1-12(2)9-18-10-14-4-5-15(8-13(14)3)20-16-6-7-17-11-19-16/h4-8,11-12,18H,9-10H2,1-3H3. The van der Waals surface area contributed by atoms with Crippen LogP contribution in [-0.4, -0.2) is 16.5 Å². The van der Waals surface area contributed by atoms with Gasteiger partial charge in [-0.05, 0) is 48.7 Å². The molecule has 106 valence electrons. The first-order chi connectivity index (χ1) is 9.65. The molecule has 20 heavy (non-hydrogen) atoms. The minimum Gasteiger partial charge on any atom is -0.312 e. The molecule has 1 N–H and O–H groups in total. The molecule has 0 fully saturated rings. The van der Waals surface area contributed by atoms with Gasteiger partial charge >= 0.3 is 0 Å². The summed E-state index contributed by atoms with van der Waals surface area (Å²) >= 11 is 1.67. The highest BCUT2D eigenvalue weighted by Crippen LogP contribution is 2.27. The average molecular weight is 287 g/mol. The minimum atomic E-state index is 0.683. The third-order valence-electron chi connectivity index (χ3n) is 2.96. The maximum atomic E-state index is 4.23. The van der Waals surface area contributed by atoms with E-state index in [1.807, 2.05) is 6.07 Å². The quantitative estimate of drug-likeness (QED) is 0.822. The van der Waals surface area contributed by atoms with Gasteiger partial charge < -0.3 is 5.32 Å². The number of aromatic nitrogens is 2. The van der Waals surface area contributed by atoms with Crippen LogP contribution in [0.15, 0.2) is 46.7 Å². The van der Waals surface area contributed by atoms with Crippen LogP contribution in [0.4, 0.5) is 0 Å². The van der Waals surface area contributed by atoms with Gasteiger partial charge in [0.2, 0.25) is 0 Å². The predicted octanol–water partition coefficient (Wildman–Crippen LogP) is 3.68. The molecule has 0 aliphatic carbocycles. The minimum absolute atomic E-state index is 0.683. The second kappa shape index (κ2) is 7.41. The lowest BCUT2D eigenvalue weighted by Crippen LogP contribution is -2.19. The smallest absolute Gasteiger partial charge is 0.116 e. The van der Waals surface area contributed by atoms with Crippen molar-refractivity contribution >= 4 is 11.8 Å². The van der Waals surface area contributed by atoms with Crippen molar-refractivity contribution in [3.8, 4) is 0 Å². The summed E-state index contributed by atoms with van der Waals surface area (Å²) in [5.74, 6) is 0.683. The molecule has 0 spiro atoms. The van der Waals surface area contributed by atoms with Crippen molar-refractivity contribution in [2.75, 3.05) is 6.54 Å². The third kappa shape index (κ3) is 4.62. The first-order valence-electron chi connectivity index (χ1n) is 6.89. The number of nitrogens with one attached hydrogen (secondary N) is 1. The van der Waals surface area contributed by atoms with Crippen molar-refractivity contribution < 1.29 is 0 Å². The first-order valence-corrected chi connectivity index (χ1v) is 7.71. The van der Waals surface area contributed by atoms with E-state index in [0.29, 0.717) is 5.92 Å². The van der Waals surface area contributed by atoms with Crippen molar-refractivity contribution in [1.82, 2.24) is 15.3 Å². The van der Waals surface area contributed by atoms with Crippen LogP contribution in [0.5, 0.6) is 0 Å². The van der Waals surface area contributed by atoms with Gasteiger partial charge in [-0.15, -0.1) is 0 Å². The molecule has 2 aromatic rings. The zero-order valence-corrected chi connectivity index (χ0v) is 13.1. The van der Waals surface area contributed by atoms with Gasteiger partial charge in [-0.3, -0.25) is 0 Å². The summed E-state index contributed by atoms with van der Waals surface area (Å²) in [4.78, 5) is 9.38. The van der Waals surface area contributed by atoms with Gasteiger partial charge in [0.05, 0.1) is 0 Å². The molecule has 0 saturated carbocycles. The van der Waals surface area contributed by atoms with E-state index in [0.717, 1.165) is 18.1 Å². The van der Waals surface area contributed by atoms with Gasteiger partial charge in [0.15, 0.2) is 0 Å². The number of hydrogen-bond acceptors (Lipinski definition) is 4. The molecule has 1 heterocycles. The van der Waals surface area contributed by atoms with Gasteiger partial charge in [-0.2, -0.15) is 0 Å². The summed E-state index contributed by atoms with van der Waals surface area (Å²) < 4.78 is 0. The summed E-state index contributed by atoms with van der Waals surface area (Å²) in [5, 5.41) is 4.46. The second-order valence-corrected chi connectivity index (χ2v) is 6.36. The number of nitrogens with zero attached hydrogens (tertiary/aromatic N) is 2. The van der Waals surface area contributed by atoms with Crippen molar-refractivity contribution in [3.05, 3.63) is 47.9 Å². The van der Waals surface area contributed by atoms with E-state index < -0.39 is 0 Å². The van der Waals surface area contributed by atoms with E-state index in [1.165, 1.54) is 16.0 Å². The fraction of sp³-hybridized carbons (Fsp3) is 0.375. The Morgan fingerprint density at radius 1 is 1.25 bits per heavy atom. The molecule has 1 aromatic carbocycles. The number of benzene rings is 1. The van der Waals surface area contributed by atoms with Gasteiger partial charge in [0.25, 0.3) is 0 Å². The van der Waals surface area contributed by atoms with Crippen LogP contribution in [0.2, 0.25) is 0 Å². The maximum absolute atomic E-state index is 4.23. The predicted molar refractivity (Wildman–Crippen MR) is 83.9 cm³/mol. The normalized spacial score (nSPS) is 11.0. The molecule has 0 bridgehead atoms. The van der Waals surface area contributed by atoms with E-state index in [2.05, 4.69) is 54.3 Å². The monoisotopic (exact) mass is 287 g/mol. The Labute approximate surface area is 125 Å². The molecule has 3 nitrogen and oxygen atoms in total. The fourth-order valence-corrected chi connectivity index (χ4v) is 2.73. The van der Waals surface area contributed by atoms with Crippen LogP contribution >= 0.6 is 11.8 Å². The van der Waals surface area contributed by atoms with E-state index in [-0.39, 0.29) is 0 Å². The van der Waals surface area contributed by atoms with E-state index in [9.17, 15) is 0 Å². The Kier molecular flexibility index (Phi) is 5.56. The lowest BCUT2D eigenvalue weighted by Gasteiger charge is -2.11. The van der Waals surface area contributed by atoms with Crippen LogP contribution in [-0.2, 0) is 6.54 Å². The molecule has 0 amide bonds. The molecular weight excluding hydrogens is 266 g/mol. The third-order valence-corrected chi connectivity index (χ3v) is 3.90. The molecule has 0 atom stereocenters. The Bertz CT molecular complexity index is 541. The highest BCUT2D eigenvalue weighted by atomic mass is 32.2. The molecule has 1 aromatic heterocycles. The van der Waals surface area contributed by atoms with Crippen LogP contribution in [0.3, 0.4) is 0 Å². The Hall–Kier alpha value is -1.39. The lowest BCUT2D eigenvalue weighted by atomic mass is 10.1. The number of hydrogen-bond donors (Lipinski definition) is 1. The molecule has 4 heteroatoms. The lowest BCUT2D eigenvalue weighted by molar-refractivity contribution is 0.551. The Balaban J connectivity index is 1.98. The van der Waals surface area contributed by atoms with E-state index >= 15 is 0 Å². The van der Waals surface area contributed by atoms with E-state index in [1.54, 1.807) is 24.3 Å². The van der Waals surface area contributed by atoms with Gasteiger partial charge in [0, 0.05) is 17.6 Å². The highest BCUT2D eigenvalue weighted by molar-refractivity contribution is 7.99. The van der Waals surface area contributed by atoms with Crippen LogP contribution in [0.25, 0.3) is 0 Å². The molecular formula is C16H21N3S. The number of aryl methyl sites for hydroxylation is 1. The van der Waals surface area contributed by atoms with Crippen molar-refractivity contribution in [2.45, 2.75) is 37.2 Å². The maximum Gasteiger partial charge on any atom is 0.116 e. The zero-order valence-electron chi connectivity index (χ0n) is 12.3. The molecule has 0 saturated heterocycles.